The Bertz CT molecular complexity index is 1930. The monoisotopic (exact) mass is 576 g/mol. The van der Waals surface area contributed by atoms with Crippen molar-refractivity contribution in [2.75, 3.05) is 30.9 Å². The van der Waals surface area contributed by atoms with Crippen LogP contribution in [0.4, 0.5) is 11.4 Å². The number of fused-ring (bicyclic) bond motifs is 10. The van der Waals surface area contributed by atoms with Crippen LogP contribution in [0.1, 0.15) is 41.0 Å². The first kappa shape index (κ1) is 27.1. The van der Waals surface area contributed by atoms with Gasteiger partial charge in [0.25, 0.3) is 11.8 Å². The predicted molar refractivity (Wildman–Crippen MR) is 170 cm³/mol. The largest absolute Gasteiger partial charge is 0.484 e. The molecule has 43 heavy (non-hydrogen) atoms. The molecular weight excluding hydrogens is 540 g/mol. The maximum Gasteiger partial charge on any atom is 0.262 e. The molecule has 0 fully saturated rings. The molecule has 0 unspecified atom stereocenters. The summed E-state index contributed by atoms with van der Waals surface area (Å²) < 4.78 is 10.3. The number of hydrogen-bond acceptors (Lipinski definition) is 5. The second-order valence-electron chi connectivity index (χ2n) is 12.2. The molecule has 2 aliphatic rings. The highest BCUT2D eigenvalue weighted by molar-refractivity contribution is 6.19. The van der Waals surface area contributed by atoms with Crippen molar-refractivity contribution >= 4 is 45.0 Å². The van der Waals surface area contributed by atoms with Crippen molar-refractivity contribution < 1.29 is 14.3 Å². The molecule has 220 valence electrons. The van der Waals surface area contributed by atoms with Crippen LogP contribution in [0.3, 0.4) is 0 Å². The zero-order valence-electron chi connectivity index (χ0n) is 25.2. The molecule has 7 rings (SSSR count). The minimum Gasteiger partial charge on any atom is -0.484 e. The second-order valence-corrected chi connectivity index (χ2v) is 12.2. The fourth-order valence-corrected chi connectivity index (χ4v) is 6.73. The van der Waals surface area contributed by atoms with Gasteiger partial charge < -0.3 is 24.8 Å². The molecule has 0 saturated carbocycles. The first-order valence-electron chi connectivity index (χ1n) is 14.8. The number of rotatable bonds is 7. The molecule has 1 aliphatic heterocycles. The summed E-state index contributed by atoms with van der Waals surface area (Å²) in [5.74, 6) is 0.785. The van der Waals surface area contributed by atoms with Gasteiger partial charge in [-0.05, 0) is 72.4 Å². The van der Waals surface area contributed by atoms with Gasteiger partial charge in [0, 0.05) is 79.2 Å². The molecule has 2 N–H and O–H groups in total. The van der Waals surface area contributed by atoms with Crippen molar-refractivity contribution in [1.82, 2.24) is 19.7 Å². The average molecular weight is 577 g/mol. The number of carbonyl (C=O) groups is 2. The summed E-state index contributed by atoms with van der Waals surface area (Å²) in [4.78, 5) is 28.1. The third-order valence-electron chi connectivity index (χ3n) is 8.50. The summed E-state index contributed by atoms with van der Waals surface area (Å²) in [5.41, 5.74) is 10.2. The summed E-state index contributed by atoms with van der Waals surface area (Å²) >= 11 is 0. The van der Waals surface area contributed by atoms with E-state index >= 15 is 0 Å². The lowest BCUT2D eigenvalue weighted by atomic mass is 9.82. The topological polar surface area (TPSA) is 93.4 Å². The molecule has 0 bridgehead atoms. The molecule has 1 aliphatic carbocycles. The van der Waals surface area contributed by atoms with Gasteiger partial charge in [-0.1, -0.05) is 13.8 Å². The Morgan fingerprint density at radius 2 is 1.88 bits per heavy atom. The third-order valence-corrected chi connectivity index (χ3v) is 8.50. The van der Waals surface area contributed by atoms with E-state index in [4.69, 9.17) is 9.84 Å². The van der Waals surface area contributed by atoms with Gasteiger partial charge in [0.15, 0.2) is 6.61 Å². The molecule has 0 spiro atoms. The lowest BCUT2D eigenvalue weighted by Crippen LogP contribution is -2.20. The molecule has 5 aromatic rings. The maximum atomic E-state index is 13.3. The highest BCUT2D eigenvalue weighted by Gasteiger charge is 2.35. The SMILES string of the molecule is CC(C)Cn1c2ccc(OCC(=O)Nc3ccc(N(C)C)cc3)cc2c2c3c(c4c(c21)CCc1nn(C)cc1-4)C(=O)NC3. The molecule has 2 aromatic heterocycles. The molecule has 0 radical (unpaired) electrons. The predicted octanol–water partition coefficient (Wildman–Crippen LogP) is 5.28. The zero-order valence-corrected chi connectivity index (χ0v) is 25.2. The van der Waals surface area contributed by atoms with E-state index in [1.807, 2.05) is 73.3 Å². The van der Waals surface area contributed by atoms with Crippen LogP contribution in [0.5, 0.6) is 5.75 Å². The van der Waals surface area contributed by atoms with Gasteiger partial charge >= 0.3 is 0 Å². The van der Waals surface area contributed by atoms with Crippen LogP contribution in [0.25, 0.3) is 32.9 Å². The lowest BCUT2D eigenvalue weighted by molar-refractivity contribution is -0.118. The van der Waals surface area contributed by atoms with E-state index in [1.165, 1.54) is 11.1 Å². The number of carbonyl (C=O) groups excluding carboxylic acids is 2. The highest BCUT2D eigenvalue weighted by Crippen LogP contribution is 2.47. The minimum atomic E-state index is -0.225. The standard InChI is InChI=1S/C34H36N6O3/c1-19(2)16-40-28-13-10-22(43-18-29(41)36-20-6-8-21(9-7-20)38(3)4)14-24(28)31-25-15-35-34(42)32(25)30-23(33(31)40)11-12-27-26(30)17-39(5)37-27/h6-10,13-14,17,19H,11-12,15-16,18H2,1-5H3,(H,35,42)(H,36,41). The molecule has 0 atom stereocenters. The zero-order chi connectivity index (χ0) is 30.0. The third kappa shape index (κ3) is 4.50. The summed E-state index contributed by atoms with van der Waals surface area (Å²) in [5, 5.41) is 12.9. The summed E-state index contributed by atoms with van der Waals surface area (Å²) in [6.45, 7) is 5.68. The Morgan fingerprint density at radius 3 is 2.63 bits per heavy atom. The second kappa shape index (κ2) is 10.2. The van der Waals surface area contributed by atoms with Crippen molar-refractivity contribution in [3.05, 3.63) is 71.0 Å². The van der Waals surface area contributed by atoms with Crippen LogP contribution in [0.2, 0.25) is 0 Å². The average Bonchev–Trinajstić information content (AvgIpc) is 3.64. The van der Waals surface area contributed by atoms with Gasteiger partial charge in [0.2, 0.25) is 0 Å². The van der Waals surface area contributed by atoms with Crippen LogP contribution in [-0.4, -0.2) is 46.9 Å². The van der Waals surface area contributed by atoms with Crippen molar-refractivity contribution in [2.24, 2.45) is 13.0 Å². The van der Waals surface area contributed by atoms with Gasteiger partial charge in [-0.25, -0.2) is 0 Å². The van der Waals surface area contributed by atoms with Crippen molar-refractivity contribution in [1.29, 1.82) is 0 Å². The van der Waals surface area contributed by atoms with E-state index in [-0.39, 0.29) is 18.4 Å². The maximum absolute atomic E-state index is 13.3. The normalized spacial score (nSPS) is 13.7. The van der Waals surface area contributed by atoms with Crippen molar-refractivity contribution in [3.8, 4) is 16.9 Å². The molecule has 9 nitrogen and oxygen atoms in total. The van der Waals surface area contributed by atoms with Gasteiger partial charge in [-0.15, -0.1) is 0 Å². The van der Waals surface area contributed by atoms with E-state index < -0.39 is 0 Å². The van der Waals surface area contributed by atoms with E-state index in [0.717, 1.165) is 75.0 Å². The van der Waals surface area contributed by atoms with Gasteiger partial charge in [0.1, 0.15) is 5.75 Å². The number of aromatic nitrogens is 3. The smallest absolute Gasteiger partial charge is 0.262 e. The van der Waals surface area contributed by atoms with Crippen molar-refractivity contribution in [3.63, 3.8) is 0 Å². The van der Waals surface area contributed by atoms with E-state index in [0.29, 0.717) is 18.2 Å². The molecule has 9 heteroatoms. The number of hydrogen-bond donors (Lipinski definition) is 2. The number of nitrogens with zero attached hydrogens (tertiary/aromatic N) is 4. The Kier molecular flexibility index (Phi) is 6.41. The molecule has 2 amide bonds. The molecule has 3 aromatic carbocycles. The number of nitrogens with one attached hydrogen (secondary N) is 2. The van der Waals surface area contributed by atoms with Crippen LogP contribution >= 0.6 is 0 Å². The number of anilines is 2. The van der Waals surface area contributed by atoms with E-state index in [2.05, 4.69) is 35.1 Å². The summed E-state index contributed by atoms with van der Waals surface area (Å²) in [6, 6.07) is 13.7. The first-order valence-corrected chi connectivity index (χ1v) is 14.8. The summed E-state index contributed by atoms with van der Waals surface area (Å²) in [6.07, 6.45) is 3.71. The number of amides is 2. The van der Waals surface area contributed by atoms with Crippen molar-refractivity contribution in [2.45, 2.75) is 39.8 Å². The molecular formula is C34H36N6O3. The van der Waals surface area contributed by atoms with E-state index in [1.54, 1.807) is 0 Å². The number of benzene rings is 3. The van der Waals surface area contributed by atoms with Crippen LogP contribution in [0, 0.1) is 5.92 Å². The summed E-state index contributed by atoms with van der Waals surface area (Å²) in [7, 11) is 5.90. The first-order chi connectivity index (χ1) is 20.7. The molecule has 0 saturated heterocycles. The van der Waals surface area contributed by atoms with Gasteiger partial charge in [-0.2, -0.15) is 5.10 Å². The fraction of sp³-hybridized carbons (Fsp3) is 0.324. The Hall–Kier alpha value is -4.79. The molecule has 3 heterocycles. The van der Waals surface area contributed by atoms with Gasteiger partial charge in [-0.3, -0.25) is 14.3 Å². The van der Waals surface area contributed by atoms with Gasteiger partial charge in [0.05, 0.1) is 16.8 Å². The highest BCUT2D eigenvalue weighted by atomic mass is 16.5. The van der Waals surface area contributed by atoms with Crippen LogP contribution < -0.4 is 20.3 Å². The quantitative estimate of drug-likeness (QED) is 0.275. The fourth-order valence-electron chi connectivity index (χ4n) is 6.73. The van der Waals surface area contributed by atoms with Crippen LogP contribution in [0.15, 0.2) is 48.7 Å². The Balaban J connectivity index is 1.30. The van der Waals surface area contributed by atoms with Crippen LogP contribution in [-0.2, 0) is 37.8 Å². The minimum absolute atomic E-state index is 0.0303. The Morgan fingerprint density at radius 1 is 1.09 bits per heavy atom. The van der Waals surface area contributed by atoms with E-state index in [9.17, 15) is 9.59 Å². The number of ether oxygens (including phenoxy) is 1. The lowest BCUT2D eigenvalue weighted by Gasteiger charge is -2.22. The Labute approximate surface area is 250 Å². The number of aryl methyl sites for hydroxylation is 3.